The molecule has 1 amide bonds. The number of carbonyl (C=O) groups excluding carboxylic acids is 1. The molecule has 0 bridgehead atoms. The Morgan fingerprint density at radius 2 is 2.33 bits per heavy atom. The number of rotatable bonds is 4. The number of oxazole rings is 1. The van der Waals surface area contributed by atoms with Gasteiger partial charge in [-0.3, -0.25) is 4.79 Å². The van der Waals surface area contributed by atoms with Gasteiger partial charge in [0.15, 0.2) is 6.39 Å². The lowest BCUT2D eigenvalue weighted by molar-refractivity contribution is -0.124. The summed E-state index contributed by atoms with van der Waals surface area (Å²) < 4.78 is 4.85. The van der Waals surface area contributed by atoms with Crippen molar-refractivity contribution in [3.63, 3.8) is 0 Å². The number of nitrogens with one attached hydrogen (secondary N) is 1. The van der Waals surface area contributed by atoms with Gasteiger partial charge in [0.25, 0.3) is 0 Å². The standard InChI is InChI=1S/C11H16N2O2/c14-11(9-3-1-2-4-9)12-6-5-10-7-15-8-13-10/h7-9H,1-6H2,(H,12,14). The Morgan fingerprint density at radius 3 is 3.00 bits per heavy atom. The molecule has 1 saturated carbocycles. The number of hydrogen-bond donors (Lipinski definition) is 1. The van der Waals surface area contributed by atoms with E-state index >= 15 is 0 Å². The van der Waals surface area contributed by atoms with Crippen molar-refractivity contribution in [3.8, 4) is 0 Å². The number of nitrogens with zero attached hydrogens (tertiary/aromatic N) is 1. The van der Waals surface area contributed by atoms with Gasteiger partial charge < -0.3 is 9.73 Å². The Labute approximate surface area is 89.1 Å². The average Bonchev–Trinajstić information content (AvgIpc) is 2.90. The number of carbonyl (C=O) groups is 1. The maximum atomic E-state index is 11.6. The van der Waals surface area contributed by atoms with E-state index in [0.29, 0.717) is 6.54 Å². The van der Waals surface area contributed by atoms with Gasteiger partial charge >= 0.3 is 0 Å². The summed E-state index contributed by atoms with van der Waals surface area (Å²) in [5.41, 5.74) is 0.890. The largest absolute Gasteiger partial charge is 0.451 e. The van der Waals surface area contributed by atoms with E-state index in [2.05, 4.69) is 10.3 Å². The molecule has 82 valence electrons. The minimum atomic E-state index is 0.205. The molecule has 1 aliphatic rings. The normalized spacial score (nSPS) is 16.8. The van der Waals surface area contributed by atoms with Gasteiger partial charge in [-0.05, 0) is 12.8 Å². The highest BCUT2D eigenvalue weighted by atomic mass is 16.3. The van der Waals surface area contributed by atoms with Crippen LogP contribution in [0.15, 0.2) is 17.1 Å². The maximum Gasteiger partial charge on any atom is 0.223 e. The first-order valence-corrected chi connectivity index (χ1v) is 5.51. The van der Waals surface area contributed by atoms with Crippen LogP contribution in [0, 0.1) is 5.92 Å². The molecule has 0 saturated heterocycles. The first kappa shape index (κ1) is 10.2. The Hall–Kier alpha value is -1.32. The summed E-state index contributed by atoms with van der Waals surface area (Å²) in [7, 11) is 0. The Bertz CT molecular complexity index is 302. The molecule has 0 aliphatic heterocycles. The van der Waals surface area contributed by atoms with E-state index in [9.17, 15) is 4.79 Å². The summed E-state index contributed by atoms with van der Waals surface area (Å²) in [5, 5.41) is 2.94. The SMILES string of the molecule is O=C(NCCc1cocn1)C1CCCC1. The van der Waals surface area contributed by atoms with Crippen molar-refractivity contribution in [2.75, 3.05) is 6.54 Å². The first-order chi connectivity index (χ1) is 7.36. The zero-order valence-corrected chi connectivity index (χ0v) is 8.74. The molecular weight excluding hydrogens is 192 g/mol. The molecule has 0 radical (unpaired) electrons. The fourth-order valence-electron chi connectivity index (χ4n) is 2.01. The van der Waals surface area contributed by atoms with Gasteiger partial charge in [-0.1, -0.05) is 12.8 Å². The van der Waals surface area contributed by atoms with Crippen LogP contribution in [0.3, 0.4) is 0 Å². The molecule has 0 unspecified atom stereocenters. The van der Waals surface area contributed by atoms with E-state index in [-0.39, 0.29) is 11.8 Å². The Balaban J connectivity index is 1.67. The van der Waals surface area contributed by atoms with E-state index in [1.165, 1.54) is 19.2 Å². The molecule has 15 heavy (non-hydrogen) atoms. The van der Waals surface area contributed by atoms with E-state index in [4.69, 9.17) is 4.42 Å². The third-order valence-corrected chi connectivity index (χ3v) is 2.89. The van der Waals surface area contributed by atoms with Crippen LogP contribution in [0.4, 0.5) is 0 Å². The van der Waals surface area contributed by atoms with Crippen molar-refractivity contribution < 1.29 is 9.21 Å². The lowest BCUT2D eigenvalue weighted by Gasteiger charge is -2.09. The van der Waals surface area contributed by atoms with Crippen LogP contribution in [-0.2, 0) is 11.2 Å². The van der Waals surface area contributed by atoms with E-state index in [0.717, 1.165) is 25.0 Å². The number of aromatic nitrogens is 1. The lowest BCUT2D eigenvalue weighted by Crippen LogP contribution is -2.30. The fourth-order valence-corrected chi connectivity index (χ4v) is 2.01. The molecular formula is C11H16N2O2. The van der Waals surface area contributed by atoms with Crippen molar-refractivity contribution in [1.29, 1.82) is 0 Å². The molecule has 1 aliphatic carbocycles. The predicted octanol–water partition coefficient (Wildman–Crippen LogP) is 1.52. The van der Waals surface area contributed by atoms with Crippen molar-refractivity contribution in [2.24, 2.45) is 5.92 Å². The highest BCUT2D eigenvalue weighted by Crippen LogP contribution is 2.24. The molecule has 4 nitrogen and oxygen atoms in total. The van der Waals surface area contributed by atoms with Crippen LogP contribution in [0.2, 0.25) is 0 Å². The summed E-state index contributed by atoms with van der Waals surface area (Å²) in [6.45, 7) is 0.655. The Kier molecular flexibility index (Phi) is 3.37. The van der Waals surface area contributed by atoms with Gasteiger partial charge in [-0.25, -0.2) is 4.98 Å². The summed E-state index contributed by atoms with van der Waals surface area (Å²) in [4.78, 5) is 15.6. The average molecular weight is 208 g/mol. The lowest BCUT2D eigenvalue weighted by atomic mass is 10.1. The second-order valence-corrected chi connectivity index (χ2v) is 4.00. The molecule has 1 fully saturated rings. The van der Waals surface area contributed by atoms with Gasteiger partial charge in [0.2, 0.25) is 5.91 Å². The Morgan fingerprint density at radius 1 is 1.53 bits per heavy atom. The third kappa shape index (κ3) is 2.81. The van der Waals surface area contributed by atoms with Crippen molar-refractivity contribution in [3.05, 3.63) is 18.4 Å². The van der Waals surface area contributed by atoms with Crippen LogP contribution in [0.5, 0.6) is 0 Å². The van der Waals surface area contributed by atoms with Crippen LogP contribution < -0.4 is 5.32 Å². The van der Waals surface area contributed by atoms with Gasteiger partial charge in [-0.2, -0.15) is 0 Å². The molecule has 0 aromatic carbocycles. The highest BCUT2D eigenvalue weighted by Gasteiger charge is 2.21. The summed E-state index contributed by atoms with van der Waals surface area (Å²) in [6, 6.07) is 0. The summed E-state index contributed by atoms with van der Waals surface area (Å²) in [5.74, 6) is 0.457. The van der Waals surface area contributed by atoms with Gasteiger partial charge in [0, 0.05) is 18.9 Å². The van der Waals surface area contributed by atoms with E-state index in [1.807, 2.05) is 0 Å². The van der Waals surface area contributed by atoms with Gasteiger partial charge in [0.1, 0.15) is 6.26 Å². The van der Waals surface area contributed by atoms with Crippen molar-refractivity contribution in [1.82, 2.24) is 10.3 Å². The number of amides is 1. The van der Waals surface area contributed by atoms with E-state index in [1.54, 1.807) is 6.26 Å². The zero-order chi connectivity index (χ0) is 10.5. The van der Waals surface area contributed by atoms with Crippen LogP contribution >= 0.6 is 0 Å². The topological polar surface area (TPSA) is 55.1 Å². The van der Waals surface area contributed by atoms with E-state index < -0.39 is 0 Å². The molecule has 1 aromatic rings. The van der Waals surface area contributed by atoms with Gasteiger partial charge in [-0.15, -0.1) is 0 Å². The third-order valence-electron chi connectivity index (χ3n) is 2.89. The molecule has 0 spiro atoms. The van der Waals surface area contributed by atoms with Crippen molar-refractivity contribution in [2.45, 2.75) is 32.1 Å². The summed E-state index contributed by atoms with van der Waals surface area (Å²) >= 11 is 0. The highest BCUT2D eigenvalue weighted by molar-refractivity contribution is 5.78. The second-order valence-electron chi connectivity index (χ2n) is 4.00. The molecule has 1 aromatic heterocycles. The van der Waals surface area contributed by atoms with Crippen molar-refractivity contribution >= 4 is 5.91 Å². The molecule has 4 heteroatoms. The summed E-state index contributed by atoms with van der Waals surface area (Å²) in [6.07, 6.45) is 8.26. The monoisotopic (exact) mass is 208 g/mol. The minimum Gasteiger partial charge on any atom is -0.451 e. The first-order valence-electron chi connectivity index (χ1n) is 5.51. The van der Waals surface area contributed by atoms with Crippen LogP contribution in [0.25, 0.3) is 0 Å². The molecule has 2 rings (SSSR count). The predicted molar refractivity (Wildman–Crippen MR) is 55.2 cm³/mol. The zero-order valence-electron chi connectivity index (χ0n) is 8.74. The molecule has 0 atom stereocenters. The minimum absolute atomic E-state index is 0.205. The van der Waals surface area contributed by atoms with Crippen LogP contribution in [-0.4, -0.2) is 17.4 Å². The van der Waals surface area contributed by atoms with Gasteiger partial charge in [0.05, 0.1) is 5.69 Å². The number of hydrogen-bond acceptors (Lipinski definition) is 3. The smallest absolute Gasteiger partial charge is 0.223 e. The fraction of sp³-hybridized carbons (Fsp3) is 0.636. The van der Waals surface area contributed by atoms with Crippen LogP contribution in [0.1, 0.15) is 31.4 Å². The quantitative estimate of drug-likeness (QED) is 0.816. The second kappa shape index (κ2) is 4.96. The maximum absolute atomic E-state index is 11.6. The molecule has 1 N–H and O–H groups in total. The molecule has 1 heterocycles.